The summed E-state index contributed by atoms with van der Waals surface area (Å²) in [7, 11) is 1.45. The highest BCUT2D eigenvalue weighted by atomic mass is 32.1. The molecule has 0 aliphatic carbocycles. The van der Waals surface area contributed by atoms with Crippen molar-refractivity contribution in [3.8, 4) is 5.75 Å². The fourth-order valence-corrected chi connectivity index (χ4v) is 2.20. The lowest BCUT2D eigenvalue weighted by Crippen LogP contribution is -2.13. The number of carbonyl (C=O) groups is 2. The number of carboxylic acids is 1. The zero-order chi connectivity index (χ0) is 14.5. The van der Waals surface area contributed by atoms with Crippen molar-refractivity contribution < 1.29 is 19.4 Å². The van der Waals surface area contributed by atoms with Gasteiger partial charge in [0.1, 0.15) is 5.75 Å². The Morgan fingerprint density at radius 3 is 3.00 bits per heavy atom. The number of methoxy groups -OCH3 is 1. The molecule has 1 amide bonds. The first kappa shape index (κ1) is 13.9. The third-order valence-electron chi connectivity index (χ3n) is 2.35. The molecule has 0 aliphatic rings. The topological polar surface area (TPSA) is 101 Å². The Hall–Kier alpha value is -2.48. The molecule has 0 atom stereocenters. The summed E-state index contributed by atoms with van der Waals surface area (Å²) < 4.78 is 5.04. The number of carboxylic acid groups (broad SMARTS) is 1. The highest BCUT2D eigenvalue weighted by Crippen LogP contribution is 2.20. The zero-order valence-electron chi connectivity index (χ0n) is 10.5. The van der Waals surface area contributed by atoms with E-state index in [9.17, 15) is 9.59 Å². The third-order valence-corrected chi connectivity index (χ3v) is 3.16. The average Bonchev–Trinajstić information content (AvgIpc) is 2.85. The number of aromatic nitrogens is 2. The van der Waals surface area contributed by atoms with Crippen molar-refractivity contribution in [1.29, 1.82) is 0 Å². The molecular formula is C12H11N3O4S. The predicted octanol–water partition coefficient (Wildman–Crippen LogP) is 1.43. The van der Waals surface area contributed by atoms with Crippen LogP contribution < -0.4 is 10.1 Å². The maximum Gasteiger partial charge on any atom is 0.309 e. The van der Waals surface area contributed by atoms with Crippen LogP contribution in [0.25, 0.3) is 0 Å². The Morgan fingerprint density at radius 1 is 1.50 bits per heavy atom. The molecule has 2 N–H and O–H groups in total. The highest BCUT2D eigenvalue weighted by Gasteiger charge is 2.14. The van der Waals surface area contributed by atoms with Crippen molar-refractivity contribution in [2.45, 2.75) is 6.42 Å². The molecule has 8 heteroatoms. The summed E-state index contributed by atoms with van der Waals surface area (Å²) in [5.74, 6) is -1.00. The first-order valence-corrected chi connectivity index (χ1v) is 6.43. The first-order chi connectivity index (χ1) is 9.60. The van der Waals surface area contributed by atoms with Crippen molar-refractivity contribution in [2.75, 3.05) is 12.4 Å². The van der Waals surface area contributed by atoms with Gasteiger partial charge in [-0.15, -0.1) is 11.3 Å². The van der Waals surface area contributed by atoms with E-state index in [0.717, 1.165) is 0 Å². The van der Waals surface area contributed by atoms with Gasteiger partial charge in [0.15, 0.2) is 5.13 Å². The van der Waals surface area contributed by atoms with Crippen molar-refractivity contribution in [2.24, 2.45) is 0 Å². The number of hydrogen-bond donors (Lipinski definition) is 2. The molecule has 0 aromatic carbocycles. The third kappa shape index (κ3) is 3.29. The number of pyridine rings is 1. The molecule has 2 aromatic heterocycles. The molecule has 0 bridgehead atoms. The molecule has 2 heterocycles. The minimum Gasteiger partial charge on any atom is -0.494 e. The molecule has 20 heavy (non-hydrogen) atoms. The summed E-state index contributed by atoms with van der Waals surface area (Å²) in [6.45, 7) is 0. The summed E-state index contributed by atoms with van der Waals surface area (Å²) in [5.41, 5.74) is 0.733. The Morgan fingerprint density at radius 2 is 2.30 bits per heavy atom. The van der Waals surface area contributed by atoms with Gasteiger partial charge in [-0.1, -0.05) is 0 Å². The van der Waals surface area contributed by atoms with E-state index in [-0.39, 0.29) is 12.3 Å². The lowest BCUT2D eigenvalue weighted by atomic mass is 10.2. The van der Waals surface area contributed by atoms with E-state index in [2.05, 4.69) is 15.3 Å². The molecule has 2 rings (SSSR count). The van der Waals surface area contributed by atoms with Gasteiger partial charge in [0.2, 0.25) is 0 Å². The standard InChI is InChI=1S/C12H11N3O4S/c1-19-9-5-13-3-2-8(9)11(18)15-12-14-7(6-20-12)4-10(16)17/h2-3,5-6H,4H2,1H3,(H,16,17)(H,14,15,18). The molecule has 0 saturated carbocycles. The van der Waals surface area contributed by atoms with E-state index in [0.29, 0.717) is 22.1 Å². The molecule has 0 radical (unpaired) electrons. The Bertz CT molecular complexity index is 641. The van der Waals surface area contributed by atoms with Crippen LogP contribution in [0, 0.1) is 0 Å². The van der Waals surface area contributed by atoms with Crippen molar-refractivity contribution in [1.82, 2.24) is 9.97 Å². The van der Waals surface area contributed by atoms with E-state index < -0.39 is 5.97 Å². The van der Waals surface area contributed by atoms with Crippen LogP contribution >= 0.6 is 11.3 Å². The Balaban J connectivity index is 2.11. The molecule has 0 fully saturated rings. The summed E-state index contributed by atoms with van der Waals surface area (Å²) in [6.07, 6.45) is 2.74. The Kier molecular flexibility index (Phi) is 4.26. The van der Waals surface area contributed by atoms with E-state index in [1.807, 2.05) is 0 Å². The maximum atomic E-state index is 12.1. The van der Waals surface area contributed by atoms with Crippen LogP contribution in [0.2, 0.25) is 0 Å². The number of nitrogens with zero attached hydrogens (tertiary/aromatic N) is 2. The number of rotatable bonds is 5. The number of thiazole rings is 1. The summed E-state index contributed by atoms with van der Waals surface area (Å²) in [4.78, 5) is 30.5. The van der Waals surface area contributed by atoms with Crippen molar-refractivity contribution >= 4 is 28.3 Å². The molecule has 0 unspecified atom stereocenters. The Labute approximate surface area is 118 Å². The largest absolute Gasteiger partial charge is 0.494 e. The van der Waals surface area contributed by atoms with Gasteiger partial charge in [-0.25, -0.2) is 4.98 Å². The van der Waals surface area contributed by atoms with E-state index in [1.54, 1.807) is 5.38 Å². The fourth-order valence-electron chi connectivity index (χ4n) is 1.50. The number of hydrogen-bond acceptors (Lipinski definition) is 6. The van der Waals surface area contributed by atoms with Crippen LogP contribution in [0.1, 0.15) is 16.1 Å². The van der Waals surface area contributed by atoms with Crippen LogP contribution in [0.15, 0.2) is 23.8 Å². The van der Waals surface area contributed by atoms with Crippen molar-refractivity contribution in [3.63, 3.8) is 0 Å². The second-order valence-electron chi connectivity index (χ2n) is 3.74. The van der Waals surface area contributed by atoms with E-state index >= 15 is 0 Å². The highest BCUT2D eigenvalue weighted by molar-refractivity contribution is 7.14. The number of ether oxygens (including phenoxy) is 1. The van der Waals surface area contributed by atoms with Gasteiger partial charge in [0, 0.05) is 11.6 Å². The van der Waals surface area contributed by atoms with Crippen LogP contribution in [-0.4, -0.2) is 34.1 Å². The van der Waals surface area contributed by atoms with Gasteiger partial charge in [0.05, 0.1) is 31.0 Å². The molecule has 7 nitrogen and oxygen atoms in total. The minimum absolute atomic E-state index is 0.176. The number of amides is 1. The van der Waals surface area contributed by atoms with Gasteiger partial charge in [-0.3, -0.25) is 19.9 Å². The fraction of sp³-hybridized carbons (Fsp3) is 0.167. The zero-order valence-corrected chi connectivity index (χ0v) is 11.3. The smallest absolute Gasteiger partial charge is 0.309 e. The van der Waals surface area contributed by atoms with Gasteiger partial charge in [-0.2, -0.15) is 0 Å². The van der Waals surface area contributed by atoms with E-state index in [1.165, 1.54) is 36.9 Å². The van der Waals surface area contributed by atoms with E-state index in [4.69, 9.17) is 9.84 Å². The normalized spacial score (nSPS) is 10.1. The summed E-state index contributed by atoms with van der Waals surface area (Å²) in [5, 5.41) is 13.2. The number of aliphatic carboxylic acids is 1. The van der Waals surface area contributed by atoms with Gasteiger partial charge in [-0.05, 0) is 6.07 Å². The molecule has 104 valence electrons. The number of anilines is 1. The molecule has 2 aromatic rings. The van der Waals surface area contributed by atoms with Crippen LogP contribution in [0.4, 0.5) is 5.13 Å². The monoisotopic (exact) mass is 293 g/mol. The lowest BCUT2D eigenvalue weighted by molar-refractivity contribution is -0.136. The summed E-state index contributed by atoms with van der Waals surface area (Å²) >= 11 is 1.17. The average molecular weight is 293 g/mol. The molecule has 0 aliphatic heterocycles. The van der Waals surface area contributed by atoms with Gasteiger partial charge in [0.25, 0.3) is 5.91 Å². The molecule has 0 spiro atoms. The quantitative estimate of drug-likeness (QED) is 0.864. The number of nitrogens with one attached hydrogen (secondary N) is 1. The minimum atomic E-state index is -0.969. The lowest BCUT2D eigenvalue weighted by Gasteiger charge is -2.06. The first-order valence-electron chi connectivity index (χ1n) is 5.55. The van der Waals surface area contributed by atoms with Gasteiger partial charge < -0.3 is 9.84 Å². The summed E-state index contributed by atoms with van der Waals surface area (Å²) in [6, 6.07) is 1.53. The van der Waals surface area contributed by atoms with Crippen molar-refractivity contribution in [3.05, 3.63) is 35.1 Å². The molecular weight excluding hydrogens is 282 g/mol. The second kappa shape index (κ2) is 6.11. The van der Waals surface area contributed by atoms with Gasteiger partial charge >= 0.3 is 5.97 Å². The molecule has 0 saturated heterocycles. The predicted molar refractivity (Wildman–Crippen MR) is 72.2 cm³/mol. The maximum absolute atomic E-state index is 12.1. The second-order valence-corrected chi connectivity index (χ2v) is 4.60. The van der Waals surface area contributed by atoms with Crippen LogP contribution in [-0.2, 0) is 11.2 Å². The van der Waals surface area contributed by atoms with Crippen LogP contribution in [0.5, 0.6) is 5.75 Å². The van der Waals surface area contributed by atoms with Crippen LogP contribution in [0.3, 0.4) is 0 Å². The SMILES string of the molecule is COc1cnccc1C(=O)Nc1nc(CC(=O)O)cs1. The number of carbonyl (C=O) groups excluding carboxylic acids is 1.